The molecule has 0 heterocycles. The molecule has 0 saturated carbocycles. The third kappa shape index (κ3) is 777. The zero-order valence-corrected chi connectivity index (χ0v) is 8.48. The molecule has 0 radical (unpaired) electrons. The summed E-state index contributed by atoms with van der Waals surface area (Å²) in [5.74, 6) is 0. The van der Waals surface area contributed by atoms with Gasteiger partial charge in [0.25, 0.3) is 0 Å². The first-order valence-electron chi connectivity index (χ1n) is 2.05. The van der Waals surface area contributed by atoms with E-state index in [4.69, 9.17) is 10.2 Å². The van der Waals surface area contributed by atoms with E-state index in [0.717, 1.165) is 0 Å². The molecule has 0 atom stereocenters. The van der Waals surface area contributed by atoms with E-state index < -0.39 is 0 Å². The SMILES string of the molecule is CCO.CCO.O.[Zn]. The van der Waals surface area contributed by atoms with E-state index >= 15 is 0 Å². The van der Waals surface area contributed by atoms with Gasteiger partial charge in [-0.15, -0.1) is 0 Å². The van der Waals surface area contributed by atoms with Crippen molar-refractivity contribution in [1.82, 2.24) is 0 Å². The summed E-state index contributed by atoms with van der Waals surface area (Å²) in [5.41, 5.74) is 0. The van der Waals surface area contributed by atoms with E-state index in [-0.39, 0.29) is 38.2 Å². The molecular formula is C4H14O3Zn. The van der Waals surface area contributed by atoms with Crippen molar-refractivity contribution in [2.45, 2.75) is 13.8 Å². The van der Waals surface area contributed by atoms with Gasteiger partial charge < -0.3 is 15.7 Å². The number of hydrogen-bond acceptors (Lipinski definition) is 2. The third-order valence-electron chi connectivity index (χ3n) is 0. The van der Waals surface area contributed by atoms with E-state index in [1.165, 1.54) is 0 Å². The second kappa shape index (κ2) is 50.6. The predicted molar refractivity (Wildman–Crippen MR) is 29.1 cm³/mol. The maximum absolute atomic E-state index is 7.57. The molecule has 0 aliphatic carbocycles. The molecule has 0 aliphatic rings. The molecule has 8 heavy (non-hydrogen) atoms. The first-order valence-corrected chi connectivity index (χ1v) is 2.05. The molecule has 50 valence electrons. The van der Waals surface area contributed by atoms with Gasteiger partial charge in [-0.1, -0.05) is 0 Å². The van der Waals surface area contributed by atoms with Gasteiger partial charge in [0, 0.05) is 32.7 Å². The van der Waals surface area contributed by atoms with Crippen molar-refractivity contribution in [2.24, 2.45) is 0 Å². The molecule has 0 aromatic rings. The fourth-order valence-corrected chi connectivity index (χ4v) is 0. The first-order chi connectivity index (χ1) is 2.83. The zero-order valence-electron chi connectivity index (χ0n) is 5.52. The van der Waals surface area contributed by atoms with Crippen LogP contribution in [0, 0.1) is 0 Å². The fourth-order valence-electron chi connectivity index (χ4n) is 0. The minimum absolute atomic E-state index is 0. The molecule has 0 saturated heterocycles. The molecule has 0 aromatic carbocycles. The quantitative estimate of drug-likeness (QED) is 0.472. The van der Waals surface area contributed by atoms with Gasteiger partial charge >= 0.3 is 0 Å². The van der Waals surface area contributed by atoms with E-state index in [0.29, 0.717) is 0 Å². The molecule has 0 bridgehead atoms. The maximum atomic E-state index is 7.57. The van der Waals surface area contributed by atoms with Crippen LogP contribution in [0.1, 0.15) is 13.8 Å². The zero-order chi connectivity index (χ0) is 5.41. The van der Waals surface area contributed by atoms with Crippen molar-refractivity contribution in [3.05, 3.63) is 0 Å². The number of hydrogen-bond donors (Lipinski definition) is 2. The van der Waals surface area contributed by atoms with Gasteiger partial charge in [-0.3, -0.25) is 0 Å². The largest absolute Gasteiger partial charge is 0.412 e. The summed E-state index contributed by atoms with van der Waals surface area (Å²) in [7, 11) is 0. The Morgan fingerprint density at radius 3 is 1.00 bits per heavy atom. The molecule has 3 nitrogen and oxygen atoms in total. The average Bonchev–Trinajstić information content (AvgIpc) is 1.39. The molecule has 0 amide bonds. The van der Waals surface area contributed by atoms with Crippen molar-refractivity contribution in [1.29, 1.82) is 0 Å². The normalized spacial score (nSPS) is 4.50. The summed E-state index contributed by atoms with van der Waals surface area (Å²) in [6.45, 7) is 3.86. The van der Waals surface area contributed by atoms with Gasteiger partial charge in [0.15, 0.2) is 0 Å². The molecular weight excluding hydrogens is 161 g/mol. The van der Waals surface area contributed by atoms with Crippen molar-refractivity contribution in [3.63, 3.8) is 0 Å². The fraction of sp³-hybridized carbons (Fsp3) is 1.00. The van der Waals surface area contributed by atoms with Crippen LogP contribution >= 0.6 is 0 Å². The van der Waals surface area contributed by atoms with Gasteiger partial charge in [0.2, 0.25) is 0 Å². The Balaban J connectivity index is -0.0000000160. The van der Waals surface area contributed by atoms with Crippen LogP contribution in [0.5, 0.6) is 0 Å². The molecule has 0 aromatic heterocycles. The number of rotatable bonds is 0. The molecule has 0 spiro atoms. The topological polar surface area (TPSA) is 72.0 Å². The third-order valence-corrected chi connectivity index (χ3v) is 0. The van der Waals surface area contributed by atoms with Crippen LogP contribution in [0.25, 0.3) is 0 Å². The van der Waals surface area contributed by atoms with Gasteiger partial charge in [-0.25, -0.2) is 0 Å². The Morgan fingerprint density at radius 2 is 1.00 bits per heavy atom. The molecule has 0 unspecified atom stereocenters. The number of aliphatic hydroxyl groups is 2. The summed E-state index contributed by atoms with van der Waals surface area (Å²) < 4.78 is 0. The molecule has 0 rings (SSSR count). The van der Waals surface area contributed by atoms with E-state index in [1.807, 2.05) is 0 Å². The van der Waals surface area contributed by atoms with Crippen LogP contribution in [-0.4, -0.2) is 28.9 Å². The Kier molecular flexibility index (Phi) is 149. The van der Waals surface area contributed by atoms with Gasteiger partial charge in [0.05, 0.1) is 0 Å². The Labute approximate surface area is 62.8 Å². The Morgan fingerprint density at radius 1 is 1.00 bits per heavy atom. The first kappa shape index (κ1) is 23.6. The van der Waals surface area contributed by atoms with Crippen LogP contribution in [0.15, 0.2) is 0 Å². The van der Waals surface area contributed by atoms with Gasteiger partial charge in [-0.05, 0) is 13.8 Å². The molecule has 4 heteroatoms. The standard InChI is InChI=1S/2C2H6O.H2O.Zn/c2*1-2-3;;/h2*3H,2H2,1H3;1H2;. The summed E-state index contributed by atoms with van der Waals surface area (Å²) >= 11 is 0. The monoisotopic (exact) mass is 174 g/mol. The smallest absolute Gasteiger partial charge is 0.0402 e. The van der Waals surface area contributed by atoms with E-state index in [2.05, 4.69) is 0 Å². The van der Waals surface area contributed by atoms with Crippen LogP contribution in [0.2, 0.25) is 0 Å². The Bertz CT molecular complexity index is 13.2. The summed E-state index contributed by atoms with van der Waals surface area (Å²) in [5, 5.41) is 15.1. The van der Waals surface area contributed by atoms with Gasteiger partial charge in [0.1, 0.15) is 0 Å². The molecule has 0 aliphatic heterocycles. The van der Waals surface area contributed by atoms with Crippen LogP contribution in [0.4, 0.5) is 0 Å². The number of aliphatic hydroxyl groups excluding tert-OH is 2. The predicted octanol–water partition coefficient (Wildman–Crippen LogP) is -0.830. The Hall–Kier alpha value is 0.503. The second-order valence-electron chi connectivity index (χ2n) is 0.632. The van der Waals surface area contributed by atoms with Crippen LogP contribution in [0.3, 0.4) is 0 Å². The van der Waals surface area contributed by atoms with Crippen molar-refractivity contribution in [3.8, 4) is 0 Å². The average molecular weight is 176 g/mol. The van der Waals surface area contributed by atoms with E-state index in [1.54, 1.807) is 13.8 Å². The van der Waals surface area contributed by atoms with Crippen molar-refractivity contribution < 1.29 is 35.2 Å². The minimum Gasteiger partial charge on any atom is -0.412 e. The molecule has 0 fully saturated rings. The van der Waals surface area contributed by atoms with Gasteiger partial charge in [-0.2, -0.15) is 0 Å². The molecule has 4 N–H and O–H groups in total. The summed E-state index contributed by atoms with van der Waals surface area (Å²) in [6, 6.07) is 0. The van der Waals surface area contributed by atoms with Crippen LogP contribution in [-0.2, 0) is 19.5 Å². The second-order valence-corrected chi connectivity index (χ2v) is 0.632. The summed E-state index contributed by atoms with van der Waals surface area (Å²) in [4.78, 5) is 0. The maximum Gasteiger partial charge on any atom is 0.0402 e. The van der Waals surface area contributed by atoms with E-state index in [9.17, 15) is 0 Å². The van der Waals surface area contributed by atoms with Crippen molar-refractivity contribution in [2.75, 3.05) is 13.2 Å². The van der Waals surface area contributed by atoms with Crippen molar-refractivity contribution >= 4 is 0 Å². The summed E-state index contributed by atoms with van der Waals surface area (Å²) in [6.07, 6.45) is 0. The minimum atomic E-state index is 0. The van der Waals surface area contributed by atoms with Crippen LogP contribution < -0.4 is 0 Å².